The second-order valence-corrected chi connectivity index (χ2v) is 12.9. The normalized spacial score (nSPS) is 11.6. The molecule has 2 aromatic heterocycles. The molecule has 0 aliphatic carbocycles. The molecule has 0 spiro atoms. The van der Waals surface area contributed by atoms with Gasteiger partial charge in [0.1, 0.15) is 0 Å². The summed E-state index contributed by atoms with van der Waals surface area (Å²) in [5.41, 5.74) is 14.4. The molecule has 0 saturated heterocycles. The van der Waals surface area contributed by atoms with Crippen molar-refractivity contribution in [2.45, 2.75) is 0 Å². The standard InChI is InChI=1S/C48H32N2/c1-3-15-33(16-4-1)38-24-14-25-39(34-17-5-2-6-18-34)48(38)50-46-28-12-9-23-42(46)43-32-36(29-30-47(43)50)35-19-13-20-37(31-35)49-44-26-10-7-21-40(44)41-22-8-11-27-45(41)49/h1-32H. The number of hydrogen-bond donors (Lipinski definition) is 0. The predicted octanol–water partition coefficient (Wildman–Crippen LogP) is 12.9. The van der Waals surface area contributed by atoms with Crippen LogP contribution >= 0.6 is 0 Å². The van der Waals surface area contributed by atoms with Gasteiger partial charge in [-0.25, -0.2) is 0 Å². The van der Waals surface area contributed by atoms with Gasteiger partial charge in [0.2, 0.25) is 0 Å². The Morgan fingerprint density at radius 3 is 1.30 bits per heavy atom. The van der Waals surface area contributed by atoms with Crippen LogP contribution in [0.2, 0.25) is 0 Å². The quantitative estimate of drug-likeness (QED) is 0.178. The second kappa shape index (κ2) is 11.5. The molecular formula is C48H32N2. The van der Waals surface area contributed by atoms with Crippen LogP contribution in [0.15, 0.2) is 194 Å². The highest BCUT2D eigenvalue weighted by molar-refractivity contribution is 6.12. The monoisotopic (exact) mass is 636 g/mol. The molecule has 10 rings (SSSR count). The highest BCUT2D eigenvalue weighted by Crippen LogP contribution is 2.42. The van der Waals surface area contributed by atoms with E-state index in [0.29, 0.717) is 0 Å². The Hall–Kier alpha value is -6.64. The first kappa shape index (κ1) is 28.4. The van der Waals surface area contributed by atoms with Crippen molar-refractivity contribution in [2.75, 3.05) is 0 Å². The fraction of sp³-hybridized carbons (Fsp3) is 0. The average Bonchev–Trinajstić information content (AvgIpc) is 3.71. The van der Waals surface area contributed by atoms with Crippen LogP contribution in [-0.2, 0) is 0 Å². The van der Waals surface area contributed by atoms with Gasteiger partial charge in [0.25, 0.3) is 0 Å². The van der Waals surface area contributed by atoms with Crippen molar-refractivity contribution in [3.05, 3.63) is 194 Å². The molecule has 0 bridgehead atoms. The molecule has 0 radical (unpaired) electrons. The minimum absolute atomic E-state index is 1.16. The Bertz CT molecular complexity index is 2740. The second-order valence-electron chi connectivity index (χ2n) is 12.9. The van der Waals surface area contributed by atoms with E-state index >= 15 is 0 Å². The van der Waals surface area contributed by atoms with Gasteiger partial charge < -0.3 is 9.13 Å². The van der Waals surface area contributed by atoms with Gasteiger partial charge in [-0.05, 0) is 64.7 Å². The molecule has 10 aromatic rings. The van der Waals surface area contributed by atoms with E-state index in [4.69, 9.17) is 0 Å². The summed E-state index contributed by atoms with van der Waals surface area (Å²) in [4.78, 5) is 0. The minimum atomic E-state index is 1.16. The number of aromatic nitrogens is 2. The number of fused-ring (bicyclic) bond motifs is 6. The van der Waals surface area contributed by atoms with Crippen molar-refractivity contribution in [3.63, 3.8) is 0 Å². The summed E-state index contributed by atoms with van der Waals surface area (Å²) in [6.07, 6.45) is 0. The lowest BCUT2D eigenvalue weighted by Crippen LogP contribution is -2.00. The molecule has 0 fully saturated rings. The third-order valence-electron chi connectivity index (χ3n) is 10.1. The van der Waals surface area contributed by atoms with Gasteiger partial charge in [-0.3, -0.25) is 0 Å². The predicted molar refractivity (Wildman–Crippen MR) is 211 cm³/mol. The van der Waals surface area contributed by atoms with Crippen LogP contribution in [0.1, 0.15) is 0 Å². The van der Waals surface area contributed by atoms with Gasteiger partial charge >= 0.3 is 0 Å². The molecule has 0 N–H and O–H groups in total. The number of benzene rings is 8. The van der Waals surface area contributed by atoms with Crippen molar-refractivity contribution in [3.8, 4) is 44.8 Å². The maximum absolute atomic E-state index is 2.48. The van der Waals surface area contributed by atoms with Gasteiger partial charge in [0, 0.05) is 38.4 Å². The van der Waals surface area contributed by atoms with Gasteiger partial charge in [-0.15, -0.1) is 0 Å². The van der Waals surface area contributed by atoms with Gasteiger partial charge in [0.15, 0.2) is 0 Å². The van der Waals surface area contributed by atoms with Crippen molar-refractivity contribution in [1.29, 1.82) is 0 Å². The highest BCUT2D eigenvalue weighted by atomic mass is 15.0. The molecule has 2 heterocycles. The van der Waals surface area contributed by atoms with Gasteiger partial charge in [0.05, 0.1) is 27.8 Å². The van der Waals surface area contributed by atoms with E-state index in [0.717, 1.165) is 5.69 Å². The molecule has 2 nitrogen and oxygen atoms in total. The molecule has 0 amide bonds. The molecule has 0 unspecified atom stereocenters. The zero-order valence-electron chi connectivity index (χ0n) is 27.4. The summed E-state index contributed by atoms with van der Waals surface area (Å²) < 4.78 is 4.87. The lowest BCUT2D eigenvalue weighted by molar-refractivity contribution is 1.18. The molecule has 0 saturated carbocycles. The zero-order valence-corrected chi connectivity index (χ0v) is 27.4. The smallest absolute Gasteiger partial charge is 0.0618 e. The SMILES string of the molecule is c1ccc(-c2cccc(-c3ccccc3)c2-n2c3ccccc3c3cc(-c4cccc(-n5c6ccccc6c6ccccc65)c4)ccc32)cc1. The van der Waals surface area contributed by atoms with E-state index in [1.165, 1.54) is 82.7 Å². The van der Waals surface area contributed by atoms with Crippen LogP contribution in [0, 0.1) is 0 Å². The summed E-state index contributed by atoms with van der Waals surface area (Å²) in [5, 5.41) is 5.02. The maximum Gasteiger partial charge on any atom is 0.0618 e. The van der Waals surface area contributed by atoms with Crippen LogP contribution in [-0.4, -0.2) is 9.13 Å². The first-order chi connectivity index (χ1) is 24.8. The Kier molecular flexibility index (Phi) is 6.53. The first-order valence-corrected chi connectivity index (χ1v) is 17.2. The van der Waals surface area contributed by atoms with Gasteiger partial charge in [-0.2, -0.15) is 0 Å². The largest absolute Gasteiger partial charge is 0.309 e. The molecule has 2 heteroatoms. The van der Waals surface area contributed by atoms with Crippen molar-refractivity contribution in [1.82, 2.24) is 9.13 Å². The molecule has 234 valence electrons. The molecular weight excluding hydrogens is 605 g/mol. The van der Waals surface area contributed by atoms with Crippen LogP contribution in [0.3, 0.4) is 0 Å². The van der Waals surface area contributed by atoms with Crippen molar-refractivity contribution < 1.29 is 0 Å². The third kappa shape index (κ3) is 4.43. The molecule has 50 heavy (non-hydrogen) atoms. The number of hydrogen-bond acceptors (Lipinski definition) is 0. The zero-order chi connectivity index (χ0) is 33.0. The molecule has 0 atom stereocenters. The fourth-order valence-electron chi connectivity index (χ4n) is 7.90. The number of rotatable bonds is 5. The number of para-hydroxylation sites is 4. The van der Waals surface area contributed by atoms with Crippen molar-refractivity contribution >= 4 is 43.6 Å². The van der Waals surface area contributed by atoms with Crippen LogP contribution in [0.25, 0.3) is 88.4 Å². The summed E-state index contributed by atoms with van der Waals surface area (Å²) >= 11 is 0. The maximum atomic E-state index is 2.48. The van der Waals surface area contributed by atoms with E-state index in [2.05, 4.69) is 203 Å². The first-order valence-electron chi connectivity index (χ1n) is 17.2. The lowest BCUT2D eigenvalue weighted by atomic mass is 9.95. The van der Waals surface area contributed by atoms with E-state index in [1.807, 2.05) is 0 Å². The van der Waals surface area contributed by atoms with Gasteiger partial charge in [-0.1, -0.05) is 152 Å². The molecule has 0 aliphatic heterocycles. The Labute approximate surface area is 290 Å². The highest BCUT2D eigenvalue weighted by Gasteiger charge is 2.20. The third-order valence-corrected chi connectivity index (χ3v) is 10.1. The topological polar surface area (TPSA) is 9.86 Å². The Morgan fingerprint density at radius 2 is 0.700 bits per heavy atom. The Morgan fingerprint density at radius 1 is 0.260 bits per heavy atom. The summed E-state index contributed by atoms with van der Waals surface area (Å²) in [6.45, 7) is 0. The van der Waals surface area contributed by atoms with E-state index in [1.54, 1.807) is 0 Å². The van der Waals surface area contributed by atoms with E-state index in [-0.39, 0.29) is 0 Å². The van der Waals surface area contributed by atoms with Crippen LogP contribution in [0.4, 0.5) is 0 Å². The number of nitrogens with zero attached hydrogens (tertiary/aromatic N) is 2. The van der Waals surface area contributed by atoms with Crippen molar-refractivity contribution in [2.24, 2.45) is 0 Å². The summed E-state index contributed by atoms with van der Waals surface area (Å²) in [7, 11) is 0. The average molecular weight is 637 g/mol. The summed E-state index contributed by atoms with van der Waals surface area (Å²) in [5.74, 6) is 0. The summed E-state index contributed by atoms with van der Waals surface area (Å²) in [6, 6.07) is 70.4. The fourth-order valence-corrected chi connectivity index (χ4v) is 7.90. The van der Waals surface area contributed by atoms with E-state index in [9.17, 15) is 0 Å². The minimum Gasteiger partial charge on any atom is -0.309 e. The van der Waals surface area contributed by atoms with Crippen LogP contribution in [0.5, 0.6) is 0 Å². The molecule has 0 aliphatic rings. The van der Waals surface area contributed by atoms with E-state index < -0.39 is 0 Å². The molecule has 8 aromatic carbocycles. The lowest BCUT2D eigenvalue weighted by Gasteiger charge is -2.19. The van der Waals surface area contributed by atoms with Crippen LogP contribution < -0.4 is 0 Å². The Balaban J connectivity index is 1.20.